The minimum atomic E-state index is -0.606. The van der Waals surface area contributed by atoms with Crippen LogP contribution >= 0.6 is 0 Å². The lowest BCUT2D eigenvalue weighted by Gasteiger charge is -2.15. The summed E-state index contributed by atoms with van der Waals surface area (Å²) in [5.74, 6) is -0.857. The van der Waals surface area contributed by atoms with Crippen molar-refractivity contribution in [2.45, 2.75) is 6.92 Å². The average Bonchev–Trinajstić information content (AvgIpc) is 2.27. The molecule has 1 aromatic rings. The number of carbonyl (C=O) groups is 1. The third-order valence-electron chi connectivity index (χ3n) is 2.18. The predicted octanol–water partition coefficient (Wildman–Crippen LogP) is 1.35. The number of hydrogen-bond donors (Lipinski definition) is 1. The molecule has 0 saturated heterocycles. The predicted molar refractivity (Wildman–Crippen MR) is 56.4 cm³/mol. The molecule has 82 valence electrons. The van der Waals surface area contributed by atoms with Crippen molar-refractivity contribution >= 4 is 11.7 Å². The van der Waals surface area contributed by atoms with Crippen LogP contribution < -0.4 is 5.32 Å². The molecule has 0 aliphatic carbocycles. The Kier molecular flexibility index (Phi) is 3.60. The Hall–Kier alpha value is -1.65. The number of anilines is 1. The number of hydrogen-bond acceptors (Lipinski definition) is 3. The summed E-state index contributed by atoms with van der Waals surface area (Å²) in [7, 11) is 3.18. The Balaban J connectivity index is 3.09. The van der Waals surface area contributed by atoms with Gasteiger partial charge in [0.15, 0.2) is 11.6 Å². The molecule has 0 radical (unpaired) electrons. The Morgan fingerprint density at radius 2 is 2.33 bits per heavy atom. The van der Waals surface area contributed by atoms with E-state index < -0.39 is 5.82 Å². The molecule has 0 spiro atoms. The second kappa shape index (κ2) is 4.72. The molecule has 0 aliphatic heterocycles. The first-order valence-corrected chi connectivity index (χ1v) is 4.69. The number of nitrogens with one attached hydrogen (secondary N) is 1. The molecule has 1 aromatic heterocycles. The largest absolute Gasteiger partial charge is 0.371 e. The van der Waals surface area contributed by atoms with E-state index >= 15 is 0 Å². The summed E-state index contributed by atoms with van der Waals surface area (Å²) in [5, 5.41) is 2.59. The maximum absolute atomic E-state index is 13.6. The van der Waals surface area contributed by atoms with E-state index in [1.807, 2.05) is 6.92 Å². The first-order valence-electron chi connectivity index (χ1n) is 4.69. The highest BCUT2D eigenvalue weighted by molar-refractivity contribution is 5.95. The van der Waals surface area contributed by atoms with Crippen LogP contribution in [0.5, 0.6) is 0 Å². The third-order valence-corrected chi connectivity index (χ3v) is 2.18. The van der Waals surface area contributed by atoms with Gasteiger partial charge in [-0.2, -0.15) is 0 Å². The summed E-state index contributed by atoms with van der Waals surface area (Å²) < 4.78 is 13.6. The molecule has 0 atom stereocenters. The van der Waals surface area contributed by atoms with Crippen LogP contribution in [0.1, 0.15) is 17.3 Å². The molecule has 1 rings (SSSR count). The van der Waals surface area contributed by atoms with E-state index in [2.05, 4.69) is 10.3 Å². The van der Waals surface area contributed by atoms with Gasteiger partial charge < -0.3 is 10.2 Å². The lowest BCUT2D eigenvalue weighted by molar-refractivity contribution is 0.0798. The van der Waals surface area contributed by atoms with Crippen molar-refractivity contribution in [2.24, 2.45) is 0 Å². The van der Waals surface area contributed by atoms with Crippen LogP contribution in [0.15, 0.2) is 12.3 Å². The van der Waals surface area contributed by atoms with E-state index in [0.717, 1.165) is 0 Å². The van der Waals surface area contributed by atoms with Crippen LogP contribution in [-0.2, 0) is 0 Å². The number of halogens is 1. The molecule has 0 fully saturated rings. The highest BCUT2D eigenvalue weighted by Gasteiger charge is 2.17. The van der Waals surface area contributed by atoms with Crippen LogP contribution in [-0.4, -0.2) is 36.4 Å². The van der Waals surface area contributed by atoms with Crippen LogP contribution in [0.25, 0.3) is 0 Å². The van der Waals surface area contributed by atoms with E-state index in [0.29, 0.717) is 6.54 Å². The van der Waals surface area contributed by atoms with Crippen molar-refractivity contribution in [3.05, 3.63) is 23.6 Å². The Labute approximate surface area is 88.1 Å². The first kappa shape index (κ1) is 11.4. The van der Waals surface area contributed by atoms with Crippen molar-refractivity contribution < 1.29 is 9.18 Å². The lowest BCUT2D eigenvalue weighted by atomic mass is 10.2. The van der Waals surface area contributed by atoms with Gasteiger partial charge in [-0.25, -0.2) is 9.37 Å². The molecule has 4 nitrogen and oxygen atoms in total. The molecule has 1 heterocycles. The molecule has 15 heavy (non-hydrogen) atoms. The fourth-order valence-corrected chi connectivity index (χ4v) is 1.13. The summed E-state index contributed by atoms with van der Waals surface area (Å²) in [6.07, 6.45) is 1.41. The normalized spacial score (nSPS) is 9.87. The van der Waals surface area contributed by atoms with Gasteiger partial charge in [0.1, 0.15) is 0 Å². The van der Waals surface area contributed by atoms with E-state index in [1.54, 1.807) is 14.1 Å². The van der Waals surface area contributed by atoms with Gasteiger partial charge in [0, 0.05) is 26.8 Å². The fraction of sp³-hybridized carbons (Fsp3) is 0.400. The summed E-state index contributed by atoms with van der Waals surface area (Å²) in [4.78, 5) is 16.9. The average molecular weight is 211 g/mol. The molecule has 1 N–H and O–H groups in total. The minimum Gasteiger partial charge on any atom is -0.371 e. The maximum Gasteiger partial charge on any atom is 0.256 e. The topological polar surface area (TPSA) is 45.2 Å². The van der Waals surface area contributed by atoms with Crippen LogP contribution in [0.3, 0.4) is 0 Å². The zero-order valence-electron chi connectivity index (χ0n) is 9.04. The summed E-state index contributed by atoms with van der Waals surface area (Å²) >= 11 is 0. The van der Waals surface area contributed by atoms with Gasteiger partial charge in [0.25, 0.3) is 5.91 Å². The molecule has 0 aliphatic rings. The van der Waals surface area contributed by atoms with Gasteiger partial charge in [-0.05, 0) is 13.0 Å². The maximum atomic E-state index is 13.6. The van der Waals surface area contributed by atoms with Crippen molar-refractivity contribution in [2.75, 3.05) is 26.0 Å². The summed E-state index contributed by atoms with van der Waals surface area (Å²) in [5.41, 5.74) is 0.0405. The SMILES string of the molecule is CCN(C)C(=O)c1ccnc(NC)c1F. The van der Waals surface area contributed by atoms with Gasteiger partial charge >= 0.3 is 0 Å². The summed E-state index contributed by atoms with van der Waals surface area (Å²) in [6, 6.07) is 1.38. The highest BCUT2D eigenvalue weighted by atomic mass is 19.1. The molecule has 0 aromatic carbocycles. The number of rotatable bonds is 3. The van der Waals surface area contributed by atoms with Crippen molar-refractivity contribution in [1.29, 1.82) is 0 Å². The van der Waals surface area contributed by atoms with E-state index in [-0.39, 0.29) is 17.3 Å². The monoisotopic (exact) mass is 211 g/mol. The van der Waals surface area contributed by atoms with Crippen molar-refractivity contribution in [3.8, 4) is 0 Å². The first-order chi connectivity index (χ1) is 7.11. The highest BCUT2D eigenvalue weighted by Crippen LogP contribution is 2.15. The molecule has 1 amide bonds. The van der Waals surface area contributed by atoms with E-state index in [1.165, 1.54) is 17.2 Å². The number of nitrogens with zero attached hydrogens (tertiary/aromatic N) is 2. The standard InChI is InChI=1S/C10H14FN3O/c1-4-14(3)10(15)7-5-6-13-9(12-2)8(7)11/h5-6H,4H2,1-3H3,(H,12,13). The van der Waals surface area contributed by atoms with Gasteiger partial charge in [0.2, 0.25) is 0 Å². The third kappa shape index (κ3) is 2.23. The number of pyridine rings is 1. The fourth-order valence-electron chi connectivity index (χ4n) is 1.13. The van der Waals surface area contributed by atoms with Crippen LogP contribution in [0, 0.1) is 5.82 Å². The van der Waals surface area contributed by atoms with Crippen LogP contribution in [0.4, 0.5) is 10.2 Å². The minimum absolute atomic E-state index is 0.0405. The van der Waals surface area contributed by atoms with Crippen molar-refractivity contribution in [3.63, 3.8) is 0 Å². The molecule has 0 unspecified atom stereocenters. The second-order valence-electron chi connectivity index (χ2n) is 3.09. The van der Waals surface area contributed by atoms with Crippen molar-refractivity contribution in [1.82, 2.24) is 9.88 Å². The Bertz CT molecular complexity index is 368. The number of amides is 1. The molecular formula is C10H14FN3O. The second-order valence-corrected chi connectivity index (χ2v) is 3.09. The zero-order valence-corrected chi connectivity index (χ0v) is 9.04. The van der Waals surface area contributed by atoms with Gasteiger partial charge in [-0.3, -0.25) is 4.79 Å². The quantitative estimate of drug-likeness (QED) is 0.821. The summed E-state index contributed by atoms with van der Waals surface area (Å²) in [6.45, 7) is 2.37. The van der Waals surface area contributed by atoms with E-state index in [4.69, 9.17) is 0 Å². The lowest BCUT2D eigenvalue weighted by Crippen LogP contribution is -2.27. The molecular weight excluding hydrogens is 197 g/mol. The van der Waals surface area contributed by atoms with Gasteiger partial charge in [-0.15, -0.1) is 0 Å². The number of aromatic nitrogens is 1. The van der Waals surface area contributed by atoms with Gasteiger partial charge in [-0.1, -0.05) is 0 Å². The molecule has 0 saturated carbocycles. The smallest absolute Gasteiger partial charge is 0.256 e. The van der Waals surface area contributed by atoms with Gasteiger partial charge in [0.05, 0.1) is 5.56 Å². The zero-order chi connectivity index (χ0) is 11.4. The Morgan fingerprint density at radius 1 is 1.67 bits per heavy atom. The Morgan fingerprint density at radius 3 is 2.87 bits per heavy atom. The molecule has 0 bridgehead atoms. The van der Waals surface area contributed by atoms with E-state index in [9.17, 15) is 9.18 Å². The number of carbonyl (C=O) groups excluding carboxylic acids is 1. The van der Waals surface area contributed by atoms with Crippen LogP contribution in [0.2, 0.25) is 0 Å². The molecule has 5 heteroatoms.